The summed E-state index contributed by atoms with van der Waals surface area (Å²) < 4.78 is 18.9. The first-order chi connectivity index (χ1) is 9.63. The van der Waals surface area contributed by atoms with Crippen LogP contribution in [0.25, 0.3) is 0 Å². The van der Waals surface area contributed by atoms with E-state index >= 15 is 0 Å². The monoisotopic (exact) mass is 336 g/mol. The Kier molecular flexibility index (Phi) is 3.40. The lowest BCUT2D eigenvalue weighted by atomic mass is 10.2. The van der Waals surface area contributed by atoms with Crippen LogP contribution in [-0.4, -0.2) is 17.5 Å². The highest BCUT2D eigenvalue weighted by molar-refractivity contribution is 9.10. The molecule has 0 spiro atoms. The number of nitrogens with zero attached hydrogens (tertiary/aromatic N) is 2. The molecule has 1 aromatic carbocycles. The number of carbonyl (C=O) groups excluding carboxylic acids is 1. The lowest BCUT2D eigenvalue weighted by molar-refractivity contribution is -0.121. The summed E-state index contributed by atoms with van der Waals surface area (Å²) in [5, 5.41) is 0. The van der Waals surface area contributed by atoms with Crippen LogP contribution in [0.4, 0.5) is 10.2 Å². The molecule has 2 heterocycles. The molecular weight excluding hydrogens is 327 g/mol. The number of anilines is 1. The fourth-order valence-corrected chi connectivity index (χ4v) is 2.29. The van der Waals surface area contributed by atoms with Gasteiger partial charge >= 0.3 is 0 Å². The van der Waals surface area contributed by atoms with Crippen molar-refractivity contribution in [3.05, 3.63) is 52.4 Å². The summed E-state index contributed by atoms with van der Waals surface area (Å²) in [4.78, 5) is 17.8. The first-order valence-electron chi connectivity index (χ1n) is 5.97. The highest BCUT2D eigenvalue weighted by Gasteiger charge is 2.27. The van der Waals surface area contributed by atoms with E-state index in [-0.39, 0.29) is 18.3 Å². The molecule has 0 aliphatic carbocycles. The van der Waals surface area contributed by atoms with Crippen LogP contribution in [0.5, 0.6) is 5.75 Å². The van der Waals surface area contributed by atoms with Gasteiger partial charge in [-0.3, -0.25) is 9.69 Å². The quantitative estimate of drug-likeness (QED) is 0.792. The predicted octanol–water partition coefficient (Wildman–Crippen LogP) is 2.91. The smallest absolute Gasteiger partial charge is 0.266 e. The van der Waals surface area contributed by atoms with Crippen molar-refractivity contribution in [3.63, 3.8) is 0 Å². The third kappa shape index (κ3) is 2.51. The minimum atomic E-state index is -0.302. The minimum absolute atomic E-state index is 0.0164. The molecule has 0 bridgehead atoms. The summed E-state index contributed by atoms with van der Waals surface area (Å²) in [6.07, 6.45) is 0. The summed E-state index contributed by atoms with van der Waals surface area (Å²) in [6, 6.07) is 9.55. The Hall–Kier alpha value is -1.95. The van der Waals surface area contributed by atoms with Crippen LogP contribution < -0.4 is 9.64 Å². The molecule has 2 aromatic rings. The molecule has 0 fully saturated rings. The normalized spacial score (nSPS) is 13.9. The largest absolute Gasteiger partial charge is 0.480 e. The van der Waals surface area contributed by atoms with Crippen LogP contribution in [0.1, 0.15) is 5.56 Å². The van der Waals surface area contributed by atoms with Gasteiger partial charge in [0.05, 0.1) is 6.54 Å². The van der Waals surface area contributed by atoms with Gasteiger partial charge < -0.3 is 4.74 Å². The van der Waals surface area contributed by atoms with E-state index in [4.69, 9.17) is 4.74 Å². The molecule has 1 aromatic heterocycles. The van der Waals surface area contributed by atoms with E-state index in [1.165, 1.54) is 17.0 Å². The van der Waals surface area contributed by atoms with Crippen molar-refractivity contribution in [1.82, 2.24) is 4.98 Å². The van der Waals surface area contributed by atoms with E-state index in [9.17, 15) is 9.18 Å². The zero-order chi connectivity index (χ0) is 14.1. The number of fused-ring (bicyclic) bond motifs is 1. The van der Waals surface area contributed by atoms with Crippen LogP contribution in [0, 0.1) is 5.82 Å². The van der Waals surface area contributed by atoms with Crippen LogP contribution in [0.3, 0.4) is 0 Å². The van der Waals surface area contributed by atoms with Gasteiger partial charge in [-0.1, -0.05) is 12.1 Å². The number of hydrogen-bond acceptors (Lipinski definition) is 3. The van der Waals surface area contributed by atoms with Gasteiger partial charge in [-0.25, -0.2) is 9.37 Å². The Balaban J connectivity index is 1.94. The summed E-state index contributed by atoms with van der Waals surface area (Å²) in [5.74, 6) is 0.561. The average molecular weight is 337 g/mol. The molecule has 3 rings (SSSR count). The molecule has 0 saturated heterocycles. The third-order valence-corrected chi connectivity index (χ3v) is 3.41. The number of halogens is 2. The van der Waals surface area contributed by atoms with Gasteiger partial charge in [0.2, 0.25) is 0 Å². The Morgan fingerprint density at radius 2 is 2.00 bits per heavy atom. The first kappa shape index (κ1) is 13.1. The zero-order valence-electron chi connectivity index (χ0n) is 10.3. The Morgan fingerprint density at radius 1 is 1.25 bits per heavy atom. The SMILES string of the molecule is O=C1COc2ccc(Br)nc2N1Cc1ccc(F)cc1. The van der Waals surface area contributed by atoms with Gasteiger partial charge in [0.1, 0.15) is 10.4 Å². The molecule has 1 aliphatic rings. The first-order valence-corrected chi connectivity index (χ1v) is 6.77. The van der Waals surface area contributed by atoms with E-state index in [1.54, 1.807) is 24.3 Å². The number of hydrogen-bond donors (Lipinski definition) is 0. The molecule has 1 aliphatic heterocycles. The Bertz CT molecular complexity index is 661. The number of ether oxygens (including phenoxy) is 1. The molecule has 0 saturated carbocycles. The lowest BCUT2D eigenvalue weighted by Crippen LogP contribution is -2.38. The molecular formula is C14H10BrFN2O2. The van der Waals surface area contributed by atoms with E-state index in [0.717, 1.165) is 5.56 Å². The summed E-state index contributed by atoms with van der Waals surface area (Å²) in [5.41, 5.74) is 0.828. The molecule has 0 unspecified atom stereocenters. The summed E-state index contributed by atoms with van der Waals surface area (Å²) >= 11 is 3.28. The molecule has 6 heteroatoms. The van der Waals surface area contributed by atoms with Gasteiger partial charge in [0.15, 0.2) is 18.2 Å². The average Bonchev–Trinajstić information content (AvgIpc) is 2.44. The zero-order valence-corrected chi connectivity index (χ0v) is 11.9. The number of rotatable bonds is 2. The van der Waals surface area contributed by atoms with Crippen molar-refractivity contribution in [1.29, 1.82) is 0 Å². The molecule has 102 valence electrons. The highest BCUT2D eigenvalue weighted by Crippen LogP contribution is 2.32. The molecule has 0 N–H and O–H groups in total. The second-order valence-corrected chi connectivity index (χ2v) is 5.16. The number of aromatic nitrogens is 1. The van der Waals surface area contributed by atoms with Crippen molar-refractivity contribution in [2.24, 2.45) is 0 Å². The molecule has 1 amide bonds. The topological polar surface area (TPSA) is 42.4 Å². The number of pyridine rings is 1. The van der Waals surface area contributed by atoms with Gasteiger partial charge in [-0.05, 0) is 45.8 Å². The van der Waals surface area contributed by atoms with E-state index in [1.807, 2.05) is 0 Å². The van der Waals surface area contributed by atoms with Crippen molar-refractivity contribution < 1.29 is 13.9 Å². The summed E-state index contributed by atoms with van der Waals surface area (Å²) in [6.45, 7) is 0.316. The minimum Gasteiger partial charge on any atom is -0.480 e. The lowest BCUT2D eigenvalue weighted by Gasteiger charge is -2.28. The van der Waals surface area contributed by atoms with Crippen LogP contribution in [0.2, 0.25) is 0 Å². The predicted molar refractivity (Wildman–Crippen MR) is 75.0 cm³/mol. The van der Waals surface area contributed by atoms with Crippen LogP contribution >= 0.6 is 15.9 Å². The van der Waals surface area contributed by atoms with Gasteiger partial charge in [-0.2, -0.15) is 0 Å². The van der Waals surface area contributed by atoms with Gasteiger partial charge in [0.25, 0.3) is 5.91 Å². The second-order valence-electron chi connectivity index (χ2n) is 4.35. The van der Waals surface area contributed by atoms with Gasteiger partial charge in [0, 0.05) is 0 Å². The maximum absolute atomic E-state index is 12.9. The molecule has 20 heavy (non-hydrogen) atoms. The van der Waals surface area contributed by atoms with Crippen molar-refractivity contribution in [3.8, 4) is 5.75 Å². The maximum atomic E-state index is 12.9. The Morgan fingerprint density at radius 3 is 2.75 bits per heavy atom. The fourth-order valence-electron chi connectivity index (χ4n) is 1.99. The molecule has 0 radical (unpaired) electrons. The van der Waals surface area contributed by atoms with Crippen molar-refractivity contribution >= 4 is 27.7 Å². The van der Waals surface area contributed by atoms with E-state index in [0.29, 0.717) is 22.7 Å². The van der Waals surface area contributed by atoms with Crippen molar-refractivity contribution in [2.45, 2.75) is 6.54 Å². The van der Waals surface area contributed by atoms with Gasteiger partial charge in [-0.15, -0.1) is 0 Å². The summed E-state index contributed by atoms with van der Waals surface area (Å²) in [7, 11) is 0. The van der Waals surface area contributed by atoms with Crippen LogP contribution in [-0.2, 0) is 11.3 Å². The fraction of sp³-hybridized carbons (Fsp3) is 0.143. The van der Waals surface area contributed by atoms with Crippen LogP contribution in [0.15, 0.2) is 41.0 Å². The van der Waals surface area contributed by atoms with Crippen molar-refractivity contribution in [2.75, 3.05) is 11.5 Å². The Labute approximate surface area is 123 Å². The molecule has 4 nitrogen and oxygen atoms in total. The highest BCUT2D eigenvalue weighted by atomic mass is 79.9. The van der Waals surface area contributed by atoms with E-state index in [2.05, 4.69) is 20.9 Å². The number of amides is 1. The number of benzene rings is 1. The number of carbonyl (C=O) groups is 1. The second kappa shape index (κ2) is 5.20. The van der Waals surface area contributed by atoms with E-state index < -0.39 is 0 Å². The standard InChI is InChI=1S/C14H10BrFN2O2/c15-12-6-5-11-14(17-12)18(13(19)8-20-11)7-9-1-3-10(16)4-2-9/h1-6H,7-8H2. The maximum Gasteiger partial charge on any atom is 0.266 e. The molecule has 0 atom stereocenters. The third-order valence-electron chi connectivity index (χ3n) is 2.97.